The van der Waals surface area contributed by atoms with Crippen molar-refractivity contribution in [2.75, 3.05) is 6.61 Å². The average molecular weight is 737 g/mol. The molecule has 5 N–H and O–H groups in total. The van der Waals surface area contributed by atoms with Crippen LogP contribution >= 0.6 is 11.3 Å². The van der Waals surface area contributed by atoms with Crippen LogP contribution in [0.25, 0.3) is 0 Å². The van der Waals surface area contributed by atoms with Gasteiger partial charge in [-0.1, -0.05) is 60.7 Å². The number of carboxylic acids is 1. The quantitative estimate of drug-likeness (QED) is 0.182. The largest absolute Gasteiger partial charge is 0.484 e. The lowest BCUT2D eigenvalue weighted by Gasteiger charge is -2.26. The Bertz CT molecular complexity index is 1850. The van der Waals surface area contributed by atoms with Crippen molar-refractivity contribution in [1.29, 1.82) is 0 Å². The van der Waals surface area contributed by atoms with Gasteiger partial charge in [0.15, 0.2) is 6.61 Å². The fourth-order valence-electron chi connectivity index (χ4n) is 5.53. The summed E-state index contributed by atoms with van der Waals surface area (Å²) in [5.41, 5.74) is 0.520. The van der Waals surface area contributed by atoms with Crippen LogP contribution in [0.5, 0.6) is 5.75 Å². The lowest BCUT2D eigenvalue weighted by molar-refractivity contribution is -0.142. The molecule has 0 saturated carbocycles. The average Bonchev–Trinajstić information content (AvgIpc) is 3.63. The van der Waals surface area contributed by atoms with Gasteiger partial charge in [0.05, 0.1) is 5.56 Å². The maximum Gasteiger partial charge on any atom is 0.416 e. The number of carbonyl (C=O) groups excluding carboxylic acids is 4. The van der Waals surface area contributed by atoms with E-state index in [2.05, 4.69) is 21.3 Å². The number of benzene rings is 3. The first kappa shape index (κ1) is 37.6. The Morgan fingerprint density at radius 1 is 0.712 bits per heavy atom. The second-order valence-electron chi connectivity index (χ2n) is 12.2. The fourth-order valence-corrected chi connectivity index (χ4v) is 6.28. The first-order chi connectivity index (χ1) is 24.8. The molecule has 11 nitrogen and oxygen atoms in total. The Hall–Kier alpha value is -5.70. The van der Waals surface area contributed by atoms with Gasteiger partial charge in [0.2, 0.25) is 17.7 Å². The van der Waals surface area contributed by atoms with Gasteiger partial charge in [-0.05, 0) is 52.4 Å². The molecule has 0 fully saturated rings. The Labute approximate surface area is 300 Å². The van der Waals surface area contributed by atoms with Gasteiger partial charge < -0.3 is 31.1 Å². The van der Waals surface area contributed by atoms with Crippen molar-refractivity contribution in [2.45, 2.75) is 56.0 Å². The SMILES string of the molecule is O=C1COc2ccc(cc2)C[C@@H](C(=O)O)NC(=O)[C@H](Cc2ccccc2)NC(=O)[C@@H](Cc2ccc(C(F)(F)F)cc2)NC(=O)[C@H](Cc2cccs2)N1. The third-order valence-electron chi connectivity index (χ3n) is 8.25. The minimum atomic E-state index is -4.60. The number of thiophene rings is 1. The summed E-state index contributed by atoms with van der Waals surface area (Å²) in [7, 11) is 0. The van der Waals surface area contributed by atoms with Crippen molar-refractivity contribution in [3.8, 4) is 5.75 Å². The number of hydrogen-bond donors (Lipinski definition) is 5. The van der Waals surface area contributed by atoms with Crippen LogP contribution in [0.4, 0.5) is 13.2 Å². The smallest absolute Gasteiger partial charge is 0.416 e. The number of fused-ring (bicyclic) bond motifs is 16. The molecular weight excluding hydrogens is 701 g/mol. The molecule has 0 aliphatic carbocycles. The van der Waals surface area contributed by atoms with E-state index in [0.717, 1.165) is 17.0 Å². The molecule has 15 heteroatoms. The molecule has 272 valence electrons. The van der Waals surface area contributed by atoms with Gasteiger partial charge in [-0.3, -0.25) is 19.2 Å². The van der Waals surface area contributed by atoms with E-state index in [4.69, 9.17) is 4.74 Å². The highest BCUT2D eigenvalue weighted by Crippen LogP contribution is 2.29. The molecule has 0 unspecified atom stereocenters. The predicted octanol–water partition coefficient (Wildman–Crippen LogP) is 3.45. The Morgan fingerprint density at radius 3 is 1.85 bits per heavy atom. The highest BCUT2D eigenvalue weighted by Gasteiger charge is 2.33. The van der Waals surface area contributed by atoms with Crippen molar-refractivity contribution < 1.29 is 47.0 Å². The van der Waals surface area contributed by atoms with E-state index in [1.165, 1.54) is 35.6 Å². The summed E-state index contributed by atoms with van der Waals surface area (Å²) >= 11 is 1.34. The van der Waals surface area contributed by atoms with Gasteiger partial charge >= 0.3 is 12.1 Å². The normalized spacial score (nSPS) is 20.6. The number of carboxylic acid groups (broad SMARTS) is 1. The van der Waals surface area contributed by atoms with Crippen molar-refractivity contribution in [2.24, 2.45) is 0 Å². The Kier molecular flexibility index (Phi) is 12.3. The zero-order chi connectivity index (χ0) is 37.3. The molecule has 2 aliphatic heterocycles. The van der Waals surface area contributed by atoms with Gasteiger partial charge in [0, 0.05) is 30.6 Å². The summed E-state index contributed by atoms with van der Waals surface area (Å²) in [5.74, 6) is -4.14. The summed E-state index contributed by atoms with van der Waals surface area (Å²) in [5, 5.41) is 22.2. The van der Waals surface area contributed by atoms with Crippen LogP contribution in [0.2, 0.25) is 0 Å². The minimum Gasteiger partial charge on any atom is -0.484 e. The molecule has 0 spiro atoms. The van der Waals surface area contributed by atoms with Crippen LogP contribution in [0.3, 0.4) is 0 Å². The number of carbonyl (C=O) groups is 5. The number of amides is 4. The first-order valence-electron chi connectivity index (χ1n) is 16.2. The van der Waals surface area contributed by atoms with E-state index >= 15 is 0 Å². The van der Waals surface area contributed by atoms with Crippen LogP contribution in [0.15, 0.2) is 96.4 Å². The molecule has 4 amide bonds. The van der Waals surface area contributed by atoms with Crippen LogP contribution in [-0.2, 0) is 55.8 Å². The molecule has 2 bridgehead atoms. The molecule has 1 aromatic heterocycles. The molecule has 3 aromatic carbocycles. The lowest BCUT2D eigenvalue weighted by Crippen LogP contribution is -2.59. The van der Waals surface area contributed by atoms with Crippen molar-refractivity contribution in [3.63, 3.8) is 0 Å². The van der Waals surface area contributed by atoms with E-state index in [-0.39, 0.29) is 31.2 Å². The van der Waals surface area contributed by atoms with Crippen LogP contribution in [0, 0.1) is 0 Å². The maximum absolute atomic E-state index is 14.0. The Morgan fingerprint density at radius 2 is 1.29 bits per heavy atom. The second kappa shape index (κ2) is 17.0. The number of aliphatic carboxylic acids is 1. The molecular formula is C37H35F3N4O7S. The number of hydrogen-bond acceptors (Lipinski definition) is 7. The van der Waals surface area contributed by atoms with E-state index < -0.39 is 72.1 Å². The van der Waals surface area contributed by atoms with Crippen molar-refractivity contribution in [1.82, 2.24) is 21.3 Å². The van der Waals surface area contributed by atoms with Gasteiger partial charge in [-0.15, -0.1) is 11.3 Å². The monoisotopic (exact) mass is 736 g/mol. The zero-order valence-corrected chi connectivity index (χ0v) is 28.3. The number of nitrogens with one attached hydrogen (secondary N) is 4. The van der Waals surface area contributed by atoms with Crippen LogP contribution in [-0.4, -0.2) is 65.5 Å². The Balaban J connectivity index is 1.51. The zero-order valence-electron chi connectivity index (χ0n) is 27.5. The van der Waals surface area contributed by atoms with Crippen molar-refractivity contribution >= 4 is 40.9 Å². The van der Waals surface area contributed by atoms with Gasteiger partial charge in [0.25, 0.3) is 5.91 Å². The molecule has 0 radical (unpaired) electrons. The summed E-state index contributed by atoms with van der Waals surface area (Å²) in [6.45, 7) is -0.474. The van der Waals surface area contributed by atoms with E-state index in [1.807, 2.05) is 0 Å². The standard InChI is InChI=1S/C37H35F3N4O7S/c38-37(39,40)25-12-8-23(9-13-25)18-29-33(46)42-28(17-22-5-2-1-3-6-22)34(47)44-31(36(49)50)19-24-10-14-26(15-11-24)51-21-32(45)41-30(35(48)43-29)20-27-7-4-16-52-27/h1-16,28-31H,17-21H2,(H,41,45)(H,42,46)(H,43,48)(H,44,47)(H,49,50)/t28-,29+,30-,31-/m0/s1. The maximum atomic E-state index is 14.0. The van der Waals surface area contributed by atoms with Crippen molar-refractivity contribution in [3.05, 3.63) is 124 Å². The predicted molar refractivity (Wildman–Crippen MR) is 184 cm³/mol. The minimum absolute atomic E-state index is 0.0498. The summed E-state index contributed by atoms with van der Waals surface area (Å²) < 4.78 is 45.5. The lowest BCUT2D eigenvalue weighted by atomic mass is 10.00. The van der Waals surface area contributed by atoms with Gasteiger partial charge in [0.1, 0.15) is 29.9 Å². The third-order valence-corrected chi connectivity index (χ3v) is 9.15. The number of alkyl halides is 3. The van der Waals surface area contributed by atoms with E-state index in [1.54, 1.807) is 60.0 Å². The summed E-state index contributed by atoms with van der Waals surface area (Å²) in [6, 6.07) is 17.1. The van der Waals surface area contributed by atoms with E-state index in [9.17, 15) is 42.3 Å². The highest BCUT2D eigenvalue weighted by molar-refractivity contribution is 7.09. The third kappa shape index (κ3) is 10.7. The molecule has 2 aliphatic rings. The first-order valence-corrected chi connectivity index (χ1v) is 17.1. The fraction of sp³-hybridized carbons (Fsp3) is 0.270. The number of rotatable bonds is 7. The van der Waals surface area contributed by atoms with Gasteiger partial charge in [-0.25, -0.2) is 4.79 Å². The number of halogens is 3. The summed E-state index contributed by atoms with van der Waals surface area (Å²) in [4.78, 5) is 67.7. The molecule has 4 atom stereocenters. The summed E-state index contributed by atoms with van der Waals surface area (Å²) in [6.07, 6.45) is -5.02. The highest BCUT2D eigenvalue weighted by atomic mass is 32.1. The molecule has 6 rings (SSSR count). The number of ether oxygens (including phenoxy) is 1. The molecule has 3 heterocycles. The molecule has 0 saturated heterocycles. The molecule has 52 heavy (non-hydrogen) atoms. The second-order valence-corrected chi connectivity index (χ2v) is 13.2. The van der Waals surface area contributed by atoms with Crippen LogP contribution in [0.1, 0.15) is 27.1 Å². The van der Waals surface area contributed by atoms with Gasteiger partial charge in [-0.2, -0.15) is 13.2 Å². The van der Waals surface area contributed by atoms with Crippen LogP contribution < -0.4 is 26.0 Å². The topological polar surface area (TPSA) is 163 Å². The molecule has 4 aromatic rings. The van der Waals surface area contributed by atoms with E-state index in [0.29, 0.717) is 16.9 Å².